The molecule has 0 fully saturated rings. The molecular weight excluding hydrogens is 248 g/mol. The summed E-state index contributed by atoms with van der Waals surface area (Å²) < 4.78 is 0. The van der Waals surface area contributed by atoms with E-state index in [1.54, 1.807) is 0 Å². The lowest BCUT2D eigenvalue weighted by atomic mass is 10.3. The molecule has 0 aliphatic rings. The number of nitrogens with one attached hydrogen (secondary N) is 1. The molecule has 0 aliphatic carbocycles. The largest absolute Gasteiger partial charge is 0.481 e. The van der Waals surface area contributed by atoms with Crippen LogP contribution in [0.2, 0.25) is 0 Å². The van der Waals surface area contributed by atoms with Gasteiger partial charge in [0.05, 0.1) is 5.75 Å². The highest BCUT2D eigenvalue weighted by atomic mass is 32.2. The standard InChI is InChI=1S/C9H16N2O5S/c10-6(9(15)16)4-17-5-7(12)11-3-1-2-8(13)14/h6H,1-5,10H2,(H,11,12)(H,13,14)(H,15,16)/t6-/m1/s1. The van der Waals surface area contributed by atoms with Crippen LogP contribution in [0.3, 0.4) is 0 Å². The van der Waals surface area contributed by atoms with Crippen LogP contribution in [0.5, 0.6) is 0 Å². The number of carboxylic acids is 2. The molecule has 0 bridgehead atoms. The Labute approximate surface area is 103 Å². The minimum atomic E-state index is -1.10. The van der Waals surface area contributed by atoms with Crippen molar-refractivity contribution in [3.63, 3.8) is 0 Å². The van der Waals surface area contributed by atoms with Crippen molar-refractivity contribution in [2.45, 2.75) is 18.9 Å². The van der Waals surface area contributed by atoms with E-state index in [0.717, 1.165) is 11.8 Å². The first-order valence-electron chi connectivity index (χ1n) is 4.98. The van der Waals surface area contributed by atoms with Crippen molar-refractivity contribution in [2.24, 2.45) is 5.73 Å². The molecule has 0 radical (unpaired) electrons. The van der Waals surface area contributed by atoms with Crippen molar-refractivity contribution in [1.82, 2.24) is 5.32 Å². The predicted octanol–water partition coefficient (Wildman–Crippen LogP) is -0.887. The maximum Gasteiger partial charge on any atom is 0.321 e. The van der Waals surface area contributed by atoms with E-state index in [2.05, 4.69) is 5.32 Å². The first kappa shape index (κ1) is 15.7. The SMILES string of the molecule is N[C@H](CSCC(=O)NCCCC(=O)O)C(=O)O. The lowest BCUT2D eigenvalue weighted by Gasteiger charge is -2.06. The third-order valence-corrected chi connectivity index (χ3v) is 2.80. The van der Waals surface area contributed by atoms with Gasteiger partial charge < -0.3 is 21.3 Å². The lowest BCUT2D eigenvalue weighted by molar-refractivity contribution is -0.138. The van der Waals surface area contributed by atoms with Gasteiger partial charge in [-0.15, -0.1) is 11.8 Å². The van der Waals surface area contributed by atoms with E-state index in [1.165, 1.54) is 0 Å². The zero-order valence-electron chi connectivity index (χ0n) is 9.22. The Morgan fingerprint density at radius 2 is 1.94 bits per heavy atom. The van der Waals surface area contributed by atoms with Crippen molar-refractivity contribution in [3.8, 4) is 0 Å². The van der Waals surface area contributed by atoms with Gasteiger partial charge in [0, 0.05) is 18.7 Å². The van der Waals surface area contributed by atoms with E-state index in [9.17, 15) is 14.4 Å². The zero-order chi connectivity index (χ0) is 13.3. The molecule has 0 saturated heterocycles. The quantitative estimate of drug-likeness (QED) is 0.397. The number of carbonyl (C=O) groups is 3. The van der Waals surface area contributed by atoms with Crippen LogP contribution in [0.4, 0.5) is 0 Å². The molecule has 0 spiro atoms. The number of aliphatic carboxylic acids is 2. The topological polar surface area (TPSA) is 130 Å². The van der Waals surface area contributed by atoms with Gasteiger partial charge >= 0.3 is 11.9 Å². The first-order chi connectivity index (χ1) is 7.93. The monoisotopic (exact) mass is 264 g/mol. The van der Waals surface area contributed by atoms with Crippen molar-refractivity contribution in [3.05, 3.63) is 0 Å². The summed E-state index contributed by atoms with van der Waals surface area (Å²) in [6.45, 7) is 0.302. The molecule has 0 aromatic heterocycles. The summed E-state index contributed by atoms with van der Waals surface area (Å²) in [7, 11) is 0. The van der Waals surface area contributed by atoms with Crippen LogP contribution in [-0.4, -0.2) is 52.2 Å². The third kappa shape index (κ3) is 9.64. The molecule has 1 atom stereocenters. The Hall–Kier alpha value is -1.28. The molecule has 8 heteroatoms. The number of thioether (sulfide) groups is 1. The fourth-order valence-electron chi connectivity index (χ4n) is 0.868. The van der Waals surface area contributed by atoms with Gasteiger partial charge in [0.2, 0.25) is 5.91 Å². The fourth-order valence-corrected chi connectivity index (χ4v) is 1.67. The second-order valence-electron chi connectivity index (χ2n) is 3.31. The van der Waals surface area contributed by atoms with E-state index in [-0.39, 0.29) is 23.8 Å². The second kappa shape index (κ2) is 8.82. The Morgan fingerprint density at radius 3 is 2.47 bits per heavy atom. The Kier molecular flexibility index (Phi) is 8.16. The van der Waals surface area contributed by atoms with Crippen LogP contribution in [0.15, 0.2) is 0 Å². The van der Waals surface area contributed by atoms with Crippen LogP contribution in [-0.2, 0) is 14.4 Å². The van der Waals surface area contributed by atoms with Gasteiger partial charge in [-0.1, -0.05) is 0 Å². The molecular formula is C9H16N2O5S. The zero-order valence-corrected chi connectivity index (χ0v) is 10.0. The van der Waals surface area contributed by atoms with E-state index in [1.807, 2.05) is 0 Å². The summed E-state index contributed by atoms with van der Waals surface area (Å²) in [6.07, 6.45) is 0.387. The summed E-state index contributed by atoms with van der Waals surface area (Å²) in [6, 6.07) is -0.972. The predicted molar refractivity (Wildman–Crippen MR) is 62.8 cm³/mol. The average Bonchev–Trinajstić information content (AvgIpc) is 2.23. The van der Waals surface area contributed by atoms with Gasteiger partial charge in [0.15, 0.2) is 0 Å². The number of hydrogen-bond acceptors (Lipinski definition) is 5. The molecule has 5 N–H and O–H groups in total. The second-order valence-corrected chi connectivity index (χ2v) is 4.34. The van der Waals surface area contributed by atoms with Crippen LogP contribution < -0.4 is 11.1 Å². The molecule has 1 amide bonds. The smallest absolute Gasteiger partial charge is 0.321 e. The van der Waals surface area contributed by atoms with E-state index >= 15 is 0 Å². The van der Waals surface area contributed by atoms with Gasteiger partial charge in [0.25, 0.3) is 0 Å². The molecule has 0 heterocycles. The minimum absolute atomic E-state index is 0.0112. The van der Waals surface area contributed by atoms with Crippen molar-refractivity contribution < 1.29 is 24.6 Å². The number of rotatable bonds is 9. The number of carboxylic acid groups (broad SMARTS) is 2. The molecule has 0 aliphatic heterocycles. The summed E-state index contributed by atoms with van der Waals surface area (Å²) in [5, 5.41) is 19.4. The molecule has 0 rings (SSSR count). The number of carbonyl (C=O) groups excluding carboxylic acids is 1. The third-order valence-electron chi connectivity index (χ3n) is 1.74. The van der Waals surface area contributed by atoms with Crippen LogP contribution in [0.1, 0.15) is 12.8 Å². The van der Waals surface area contributed by atoms with E-state index < -0.39 is 18.0 Å². The molecule has 0 aromatic carbocycles. The highest BCUT2D eigenvalue weighted by molar-refractivity contribution is 8.00. The summed E-state index contributed by atoms with van der Waals surface area (Å²) in [5.74, 6) is -1.97. The van der Waals surface area contributed by atoms with Gasteiger partial charge in [-0.25, -0.2) is 0 Å². The maximum absolute atomic E-state index is 11.2. The first-order valence-corrected chi connectivity index (χ1v) is 6.13. The molecule has 17 heavy (non-hydrogen) atoms. The van der Waals surface area contributed by atoms with Gasteiger partial charge in [-0.2, -0.15) is 0 Å². The van der Waals surface area contributed by atoms with Crippen molar-refractivity contribution in [2.75, 3.05) is 18.1 Å². The summed E-state index contributed by atoms with van der Waals surface area (Å²) in [5.41, 5.74) is 5.24. The number of hydrogen-bond donors (Lipinski definition) is 4. The number of amides is 1. The molecule has 0 saturated carbocycles. The Morgan fingerprint density at radius 1 is 1.29 bits per heavy atom. The summed E-state index contributed by atoms with van der Waals surface area (Å²) in [4.78, 5) is 31.7. The minimum Gasteiger partial charge on any atom is -0.481 e. The molecule has 98 valence electrons. The highest BCUT2D eigenvalue weighted by Crippen LogP contribution is 2.01. The van der Waals surface area contributed by atoms with E-state index in [0.29, 0.717) is 13.0 Å². The van der Waals surface area contributed by atoms with Crippen LogP contribution in [0, 0.1) is 0 Å². The molecule has 7 nitrogen and oxygen atoms in total. The lowest BCUT2D eigenvalue weighted by Crippen LogP contribution is -2.33. The van der Waals surface area contributed by atoms with Crippen molar-refractivity contribution in [1.29, 1.82) is 0 Å². The Bertz CT molecular complexity index is 285. The Balaban J connectivity index is 3.47. The van der Waals surface area contributed by atoms with Gasteiger partial charge in [-0.05, 0) is 6.42 Å². The normalized spacial score (nSPS) is 11.8. The average molecular weight is 264 g/mol. The highest BCUT2D eigenvalue weighted by Gasteiger charge is 2.11. The fraction of sp³-hybridized carbons (Fsp3) is 0.667. The molecule has 0 aromatic rings. The molecule has 0 unspecified atom stereocenters. The van der Waals surface area contributed by atoms with Crippen LogP contribution in [0.25, 0.3) is 0 Å². The van der Waals surface area contributed by atoms with Crippen molar-refractivity contribution >= 4 is 29.6 Å². The summed E-state index contributed by atoms with van der Waals surface area (Å²) >= 11 is 1.13. The maximum atomic E-state index is 11.2. The van der Waals surface area contributed by atoms with Gasteiger partial charge in [0.1, 0.15) is 6.04 Å². The van der Waals surface area contributed by atoms with E-state index in [4.69, 9.17) is 15.9 Å². The number of nitrogens with two attached hydrogens (primary N) is 1. The van der Waals surface area contributed by atoms with Crippen LogP contribution >= 0.6 is 11.8 Å². The van der Waals surface area contributed by atoms with Gasteiger partial charge in [-0.3, -0.25) is 14.4 Å².